The molecule has 2 aromatic carbocycles. The third-order valence-corrected chi connectivity index (χ3v) is 3.40. The molecule has 3 heteroatoms. The van der Waals surface area contributed by atoms with E-state index in [4.69, 9.17) is 4.42 Å². The highest BCUT2D eigenvalue weighted by Crippen LogP contribution is 2.21. The van der Waals surface area contributed by atoms with Crippen molar-refractivity contribution in [3.05, 3.63) is 77.6 Å². The quantitative estimate of drug-likeness (QED) is 0.736. The van der Waals surface area contributed by atoms with Crippen LogP contribution in [-0.2, 0) is 11.3 Å². The van der Waals surface area contributed by atoms with Gasteiger partial charge in [-0.05, 0) is 36.8 Å². The van der Waals surface area contributed by atoms with Gasteiger partial charge in [-0.2, -0.15) is 0 Å². The number of amides is 1. The van der Waals surface area contributed by atoms with Crippen molar-refractivity contribution < 1.29 is 9.21 Å². The second kappa shape index (κ2) is 6.31. The van der Waals surface area contributed by atoms with Gasteiger partial charge in [-0.3, -0.25) is 4.79 Å². The number of carbonyl (C=O) groups is 1. The summed E-state index contributed by atoms with van der Waals surface area (Å²) < 4.78 is 5.67. The zero-order chi connectivity index (χ0) is 15.4. The first kappa shape index (κ1) is 14.1. The van der Waals surface area contributed by atoms with Crippen molar-refractivity contribution >= 4 is 23.0 Å². The molecule has 0 atom stereocenters. The lowest BCUT2D eigenvalue weighted by Gasteiger charge is -2.01. The van der Waals surface area contributed by atoms with Gasteiger partial charge in [-0.25, -0.2) is 0 Å². The van der Waals surface area contributed by atoms with E-state index in [2.05, 4.69) is 11.4 Å². The molecule has 110 valence electrons. The largest absolute Gasteiger partial charge is 0.457 e. The van der Waals surface area contributed by atoms with Crippen molar-refractivity contribution in [1.29, 1.82) is 0 Å². The van der Waals surface area contributed by atoms with Crippen LogP contribution in [0.5, 0.6) is 0 Å². The highest BCUT2D eigenvalue weighted by Gasteiger charge is 2.02. The van der Waals surface area contributed by atoms with Crippen molar-refractivity contribution in [1.82, 2.24) is 5.32 Å². The van der Waals surface area contributed by atoms with Gasteiger partial charge < -0.3 is 9.73 Å². The Morgan fingerprint density at radius 3 is 2.77 bits per heavy atom. The van der Waals surface area contributed by atoms with Gasteiger partial charge in [0, 0.05) is 18.0 Å². The average Bonchev–Trinajstić information content (AvgIpc) is 2.94. The molecule has 3 nitrogen and oxygen atoms in total. The Morgan fingerprint density at radius 2 is 1.95 bits per heavy atom. The van der Waals surface area contributed by atoms with Crippen LogP contribution in [0, 0.1) is 6.92 Å². The second-order valence-corrected chi connectivity index (χ2v) is 5.23. The molecule has 0 aliphatic heterocycles. The molecule has 0 saturated heterocycles. The summed E-state index contributed by atoms with van der Waals surface area (Å²) in [6.45, 7) is 2.56. The Morgan fingerprint density at radius 1 is 1.14 bits per heavy atom. The van der Waals surface area contributed by atoms with Gasteiger partial charge in [0.2, 0.25) is 5.91 Å². The van der Waals surface area contributed by atoms with Crippen LogP contribution in [0.2, 0.25) is 0 Å². The first-order chi connectivity index (χ1) is 10.7. The molecule has 0 unspecified atom stereocenters. The normalized spacial score (nSPS) is 11.1. The smallest absolute Gasteiger partial charge is 0.244 e. The number of furan rings is 1. The SMILES string of the molecule is Cc1ccc2oc(/C=C/C(=O)NCc3ccccc3)cc2c1. The van der Waals surface area contributed by atoms with Crippen LogP contribution in [-0.4, -0.2) is 5.91 Å². The number of carbonyl (C=O) groups excluding carboxylic acids is 1. The van der Waals surface area contributed by atoms with Gasteiger partial charge in [0.25, 0.3) is 0 Å². The molecular formula is C19H17NO2. The maximum Gasteiger partial charge on any atom is 0.244 e. The van der Waals surface area contributed by atoms with E-state index in [0.29, 0.717) is 12.3 Å². The topological polar surface area (TPSA) is 42.2 Å². The van der Waals surface area contributed by atoms with Crippen LogP contribution in [0.3, 0.4) is 0 Å². The summed E-state index contributed by atoms with van der Waals surface area (Å²) in [5.74, 6) is 0.538. The number of nitrogens with one attached hydrogen (secondary N) is 1. The Labute approximate surface area is 129 Å². The Kier molecular flexibility index (Phi) is 4.05. The predicted octanol–water partition coefficient (Wildman–Crippen LogP) is 4.07. The van der Waals surface area contributed by atoms with Crippen LogP contribution in [0.25, 0.3) is 17.0 Å². The fourth-order valence-corrected chi connectivity index (χ4v) is 2.27. The lowest BCUT2D eigenvalue weighted by Crippen LogP contribution is -2.20. The van der Waals surface area contributed by atoms with E-state index in [-0.39, 0.29) is 5.91 Å². The first-order valence-corrected chi connectivity index (χ1v) is 7.21. The first-order valence-electron chi connectivity index (χ1n) is 7.21. The average molecular weight is 291 g/mol. The van der Waals surface area contributed by atoms with Crippen LogP contribution < -0.4 is 5.32 Å². The van der Waals surface area contributed by atoms with Gasteiger partial charge in [0.15, 0.2) is 0 Å². The Bertz CT molecular complexity index is 816. The van der Waals surface area contributed by atoms with Crippen LogP contribution in [0.4, 0.5) is 0 Å². The standard InChI is InChI=1S/C19H17NO2/c1-14-7-9-18-16(11-14)12-17(22-18)8-10-19(21)20-13-15-5-3-2-4-6-15/h2-12H,13H2,1H3,(H,20,21)/b10-8+. The summed E-state index contributed by atoms with van der Waals surface area (Å²) in [6, 6.07) is 17.8. The van der Waals surface area contributed by atoms with Gasteiger partial charge in [-0.15, -0.1) is 0 Å². The minimum Gasteiger partial charge on any atom is -0.457 e. The van der Waals surface area contributed by atoms with Crippen molar-refractivity contribution in [3.8, 4) is 0 Å². The molecule has 1 amide bonds. The maximum atomic E-state index is 11.8. The van der Waals surface area contributed by atoms with Crippen LogP contribution in [0.15, 0.2) is 65.1 Å². The number of aryl methyl sites for hydroxylation is 1. The Hall–Kier alpha value is -2.81. The second-order valence-electron chi connectivity index (χ2n) is 5.23. The number of benzene rings is 2. The van der Waals surface area contributed by atoms with Crippen molar-refractivity contribution in [2.45, 2.75) is 13.5 Å². The zero-order valence-corrected chi connectivity index (χ0v) is 12.4. The lowest BCUT2D eigenvalue weighted by molar-refractivity contribution is -0.116. The van der Waals surface area contributed by atoms with E-state index in [1.54, 1.807) is 6.08 Å². The van der Waals surface area contributed by atoms with Gasteiger partial charge in [0.05, 0.1) is 0 Å². The van der Waals surface area contributed by atoms with E-state index in [0.717, 1.165) is 16.5 Å². The molecule has 0 aliphatic rings. The summed E-state index contributed by atoms with van der Waals surface area (Å²) in [5.41, 5.74) is 3.09. The van der Waals surface area contributed by atoms with Crippen molar-refractivity contribution in [3.63, 3.8) is 0 Å². The predicted molar refractivity (Wildman–Crippen MR) is 88.3 cm³/mol. The van der Waals surface area contributed by atoms with E-state index < -0.39 is 0 Å². The van der Waals surface area contributed by atoms with Gasteiger partial charge in [0.1, 0.15) is 11.3 Å². The van der Waals surface area contributed by atoms with Crippen LogP contribution >= 0.6 is 0 Å². The highest BCUT2D eigenvalue weighted by molar-refractivity contribution is 5.92. The minimum absolute atomic E-state index is 0.138. The number of hydrogen-bond acceptors (Lipinski definition) is 2. The molecule has 0 radical (unpaired) electrons. The molecule has 0 bridgehead atoms. The molecule has 1 heterocycles. The zero-order valence-electron chi connectivity index (χ0n) is 12.4. The minimum atomic E-state index is -0.138. The van der Waals surface area contributed by atoms with Gasteiger partial charge >= 0.3 is 0 Å². The van der Waals surface area contributed by atoms with Crippen molar-refractivity contribution in [2.24, 2.45) is 0 Å². The monoisotopic (exact) mass is 291 g/mol. The maximum absolute atomic E-state index is 11.8. The third kappa shape index (κ3) is 3.44. The molecule has 1 N–H and O–H groups in total. The number of hydrogen-bond donors (Lipinski definition) is 1. The molecule has 3 aromatic rings. The molecule has 1 aromatic heterocycles. The molecule has 0 saturated carbocycles. The lowest BCUT2D eigenvalue weighted by atomic mass is 10.2. The summed E-state index contributed by atoms with van der Waals surface area (Å²) in [4.78, 5) is 11.8. The van der Waals surface area contributed by atoms with Crippen molar-refractivity contribution in [2.75, 3.05) is 0 Å². The molecule has 22 heavy (non-hydrogen) atoms. The molecule has 0 fully saturated rings. The number of rotatable bonds is 4. The highest BCUT2D eigenvalue weighted by atomic mass is 16.3. The molecular weight excluding hydrogens is 274 g/mol. The number of fused-ring (bicyclic) bond motifs is 1. The summed E-state index contributed by atoms with van der Waals surface area (Å²) in [5, 5.41) is 3.89. The Balaban J connectivity index is 1.63. The third-order valence-electron chi connectivity index (χ3n) is 3.40. The van der Waals surface area contributed by atoms with E-state index in [1.807, 2.05) is 55.5 Å². The van der Waals surface area contributed by atoms with Gasteiger partial charge in [-0.1, -0.05) is 42.0 Å². The molecule has 0 aliphatic carbocycles. The van der Waals surface area contributed by atoms with Crippen LogP contribution in [0.1, 0.15) is 16.9 Å². The van der Waals surface area contributed by atoms with E-state index >= 15 is 0 Å². The van der Waals surface area contributed by atoms with E-state index in [1.165, 1.54) is 11.6 Å². The molecule has 0 spiro atoms. The summed E-state index contributed by atoms with van der Waals surface area (Å²) in [7, 11) is 0. The summed E-state index contributed by atoms with van der Waals surface area (Å²) in [6.07, 6.45) is 3.18. The van der Waals surface area contributed by atoms with E-state index in [9.17, 15) is 4.79 Å². The molecule has 3 rings (SSSR count). The fourth-order valence-electron chi connectivity index (χ4n) is 2.27. The summed E-state index contributed by atoms with van der Waals surface area (Å²) >= 11 is 0. The fraction of sp³-hybridized carbons (Fsp3) is 0.105.